The number of carbonyl (C=O) groups is 3. The Morgan fingerprint density at radius 2 is 2.04 bits per heavy atom. The topological polar surface area (TPSA) is 123 Å². The third-order valence-corrected chi connectivity index (χ3v) is 3.20. The molecule has 0 saturated carbocycles. The van der Waals surface area contributed by atoms with Gasteiger partial charge in [-0.05, 0) is 45.6 Å². The average molecular weight is 399 g/mol. The van der Waals surface area contributed by atoms with E-state index < -0.39 is 17.7 Å². The fourth-order valence-electron chi connectivity index (χ4n) is 1.46. The number of ether oxygens (including phenoxy) is 1. The molecule has 0 aliphatic rings. The Kier molecular flexibility index (Phi) is 7.90. The predicted molar refractivity (Wildman–Crippen MR) is 92.4 cm³/mol. The van der Waals surface area contributed by atoms with Crippen LogP contribution < -0.4 is 21.2 Å². The van der Waals surface area contributed by atoms with E-state index in [2.05, 4.69) is 31.8 Å². The molecule has 4 N–H and O–H groups in total. The smallest absolute Gasteiger partial charge is 0.329 e. The molecule has 0 aromatic heterocycles. The molecule has 0 aliphatic carbocycles. The van der Waals surface area contributed by atoms with Crippen LogP contribution in [0.2, 0.25) is 0 Å². The molecule has 0 aliphatic heterocycles. The van der Waals surface area contributed by atoms with E-state index in [0.717, 1.165) is 0 Å². The van der Waals surface area contributed by atoms with Crippen LogP contribution >= 0.6 is 15.9 Å². The standard InChI is InChI=1S/C15H19BrN4O4/c1-9(2)6-18-14(22)15(23)20-19-7-10-3-4-12(11(16)5-10)24-8-13(17)21/h3-5,7,9H,6,8H2,1-2H3,(H2,17,21)(H,18,22)(H,20,23)/b19-7-. The summed E-state index contributed by atoms with van der Waals surface area (Å²) in [6.45, 7) is 4.03. The maximum atomic E-state index is 11.5. The number of carbonyl (C=O) groups excluding carboxylic acids is 3. The summed E-state index contributed by atoms with van der Waals surface area (Å²) in [6, 6.07) is 4.95. The number of hydrazone groups is 1. The highest BCUT2D eigenvalue weighted by Crippen LogP contribution is 2.25. The second kappa shape index (κ2) is 9.66. The van der Waals surface area contributed by atoms with E-state index in [9.17, 15) is 14.4 Å². The maximum absolute atomic E-state index is 11.5. The fraction of sp³-hybridized carbons (Fsp3) is 0.333. The molecular weight excluding hydrogens is 380 g/mol. The van der Waals surface area contributed by atoms with E-state index in [0.29, 0.717) is 22.3 Å². The largest absolute Gasteiger partial charge is 0.483 e. The Balaban J connectivity index is 2.55. The van der Waals surface area contributed by atoms with Gasteiger partial charge in [0.1, 0.15) is 5.75 Å². The van der Waals surface area contributed by atoms with Crippen LogP contribution in [0.5, 0.6) is 5.75 Å². The highest BCUT2D eigenvalue weighted by molar-refractivity contribution is 9.10. The molecule has 0 heterocycles. The van der Waals surface area contributed by atoms with Crippen molar-refractivity contribution in [2.45, 2.75) is 13.8 Å². The van der Waals surface area contributed by atoms with Crippen LogP contribution in [0.15, 0.2) is 27.8 Å². The molecule has 1 aromatic rings. The van der Waals surface area contributed by atoms with Gasteiger partial charge in [0.25, 0.3) is 5.91 Å². The van der Waals surface area contributed by atoms with E-state index in [1.54, 1.807) is 18.2 Å². The predicted octanol–water partition coefficient (Wildman–Crippen LogP) is 0.536. The number of primary amides is 1. The molecule has 1 aromatic carbocycles. The monoisotopic (exact) mass is 398 g/mol. The van der Waals surface area contributed by atoms with Gasteiger partial charge >= 0.3 is 11.8 Å². The van der Waals surface area contributed by atoms with Gasteiger partial charge in [0.05, 0.1) is 10.7 Å². The molecule has 0 radical (unpaired) electrons. The Bertz CT molecular complexity index is 646. The van der Waals surface area contributed by atoms with Crippen LogP contribution in [-0.4, -0.2) is 37.1 Å². The van der Waals surface area contributed by atoms with Gasteiger partial charge in [0, 0.05) is 6.54 Å². The molecular formula is C15H19BrN4O4. The van der Waals surface area contributed by atoms with Gasteiger partial charge in [-0.3, -0.25) is 14.4 Å². The molecule has 130 valence electrons. The van der Waals surface area contributed by atoms with Crippen molar-refractivity contribution < 1.29 is 19.1 Å². The third-order valence-electron chi connectivity index (χ3n) is 2.58. The van der Waals surface area contributed by atoms with Crippen LogP contribution in [0.1, 0.15) is 19.4 Å². The van der Waals surface area contributed by atoms with Gasteiger partial charge in [-0.2, -0.15) is 5.10 Å². The number of amides is 3. The number of benzene rings is 1. The first-order valence-electron chi connectivity index (χ1n) is 7.11. The normalized spacial score (nSPS) is 10.7. The highest BCUT2D eigenvalue weighted by atomic mass is 79.9. The summed E-state index contributed by atoms with van der Waals surface area (Å²) in [5.74, 6) is -1.46. The van der Waals surface area contributed by atoms with Crippen LogP contribution in [0.4, 0.5) is 0 Å². The van der Waals surface area contributed by atoms with Crippen molar-refractivity contribution in [2.24, 2.45) is 16.8 Å². The van der Waals surface area contributed by atoms with Crippen LogP contribution in [-0.2, 0) is 14.4 Å². The first-order valence-corrected chi connectivity index (χ1v) is 7.90. The van der Waals surface area contributed by atoms with Crippen molar-refractivity contribution in [3.05, 3.63) is 28.2 Å². The number of nitrogens with two attached hydrogens (primary N) is 1. The van der Waals surface area contributed by atoms with Gasteiger partial charge in [-0.25, -0.2) is 5.43 Å². The average Bonchev–Trinajstić information content (AvgIpc) is 2.51. The summed E-state index contributed by atoms with van der Waals surface area (Å²) in [6.07, 6.45) is 1.37. The van der Waals surface area contributed by atoms with Crippen LogP contribution in [0.25, 0.3) is 0 Å². The zero-order valence-corrected chi connectivity index (χ0v) is 14.9. The van der Waals surface area contributed by atoms with Crippen molar-refractivity contribution in [1.29, 1.82) is 0 Å². The van der Waals surface area contributed by atoms with Crippen molar-refractivity contribution in [1.82, 2.24) is 10.7 Å². The second-order valence-electron chi connectivity index (χ2n) is 5.25. The molecule has 0 saturated heterocycles. The van der Waals surface area contributed by atoms with Gasteiger partial charge < -0.3 is 15.8 Å². The van der Waals surface area contributed by atoms with Crippen molar-refractivity contribution in [2.75, 3.05) is 13.2 Å². The molecule has 24 heavy (non-hydrogen) atoms. The van der Waals surface area contributed by atoms with E-state index in [-0.39, 0.29) is 12.5 Å². The lowest BCUT2D eigenvalue weighted by Gasteiger charge is -2.07. The van der Waals surface area contributed by atoms with Crippen molar-refractivity contribution in [3.63, 3.8) is 0 Å². The fourth-order valence-corrected chi connectivity index (χ4v) is 1.97. The minimum Gasteiger partial charge on any atom is -0.483 e. The number of hydrogen-bond acceptors (Lipinski definition) is 5. The maximum Gasteiger partial charge on any atom is 0.329 e. The molecule has 0 fully saturated rings. The summed E-state index contributed by atoms with van der Waals surface area (Å²) in [5.41, 5.74) is 7.79. The lowest BCUT2D eigenvalue weighted by molar-refractivity contribution is -0.139. The zero-order valence-electron chi connectivity index (χ0n) is 13.3. The van der Waals surface area contributed by atoms with E-state index >= 15 is 0 Å². The molecule has 1 rings (SSSR count). The molecule has 8 nitrogen and oxygen atoms in total. The van der Waals surface area contributed by atoms with E-state index in [4.69, 9.17) is 10.5 Å². The van der Waals surface area contributed by atoms with Gasteiger partial charge in [-0.1, -0.05) is 13.8 Å². The van der Waals surface area contributed by atoms with E-state index in [1.807, 2.05) is 13.8 Å². The number of nitrogens with zero attached hydrogens (tertiary/aromatic N) is 1. The SMILES string of the molecule is CC(C)CNC(=O)C(=O)N/N=C\c1ccc(OCC(N)=O)c(Br)c1. The van der Waals surface area contributed by atoms with Crippen LogP contribution in [0, 0.1) is 5.92 Å². The number of hydrogen-bond donors (Lipinski definition) is 3. The Hall–Kier alpha value is -2.42. The minimum absolute atomic E-state index is 0.229. The van der Waals surface area contributed by atoms with Gasteiger partial charge in [-0.15, -0.1) is 0 Å². The molecule has 3 amide bonds. The highest BCUT2D eigenvalue weighted by Gasteiger charge is 2.12. The van der Waals surface area contributed by atoms with Crippen molar-refractivity contribution >= 4 is 39.9 Å². The number of nitrogens with one attached hydrogen (secondary N) is 2. The Labute approximate surface area is 147 Å². The van der Waals surface area contributed by atoms with E-state index in [1.165, 1.54) is 6.21 Å². The molecule has 0 unspecified atom stereocenters. The quantitative estimate of drug-likeness (QED) is 0.352. The molecule has 0 atom stereocenters. The lowest BCUT2D eigenvalue weighted by Crippen LogP contribution is -2.39. The third kappa shape index (κ3) is 7.23. The van der Waals surface area contributed by atoms with Crippen molar-refractivity contribution in [3.8, 4) is 5.75 Å². The minimum atomic E-state index is -0.840. The first kappa shape index (κ1) is 19.6. The summed E-state index contributed by atoms with van der Waals surface area (Å²) in [5, 5.41) is 6.20. The summed E-state index contributed by atoms with van der Waals surface area (Å²) in [4.78, 5) is 33.6. The Morgan fingerprint density at radius 3 is 2.62 bits per heavy atom. The Morgan fingerprint density at radius 1 is 1.33 bits per heavy atom. The van der Waals surface area contributed by atoms with Gasteiger partial charge in [0.15, 0.2) is 6.61 Å². The first-order chi connectivity index (χ1) is 11.3. The number of rotatable bonds is 7. The summed E-state index contributed by atoms with van der Waals surface area (Å²) in [7, 11) is 0. The summed E-state index contributed by atoms with van der Waals surface area (Å²) >= 11 is 3.29. The second-order valence-corrected chi connectivity index (χ2v) is 6.10. The molecule has 0 bridgehead atoms. The summed E-state index contributed by atoms with van der Waals surface area (Å²) < 4.78 is 5.78. The lowest BCUT2D eigenvalue weighted by atomic mass is 10.2. The zero-order chi connectivity index (χ0) is 18.1. The molecule has 9 heteroatoms. The molecule has 0 spiro atoms. The van der Waals surface area contributed by atoms with Crippen LogP contribution in [0.3, 0.4) is 0 Å². The van der Waals surface area contributed by atoms with Gasteiger partial charge in [0.2, 0.25) is 0 Å². The number of halogens is 1.